The second-order valence-electron chi connectivity index (χ2n) is 7.38. The Bertz CT molecular complexity index is 1160. The highest BCUT2D eigenvalue weighted by molar-refractivity contribution is 6.30. The maximum atomic E-state index is 12.0. The van der Waals surface area contributed by atoms with Crippen molar-refractivity contribution in [3.05, 3.63) is 65.8 Å². The van der Waals surface area contributed by atoms with Crippen LogP contribution in [0.25, 0.3) is 16.6 Å². The van der Waals surface area contributed by atoms with Crippen LogP contribution < -0.4 is 16.0 Å². The van der Waals surface area contributed by atoms with Gasteiger partial charge in [0.05, 0.1) is 17.4 Å². The van der Waals surface area contributed by atoms with Gasteiger partial charge >= 0.3 is 0 Å². The van der Waals surface area contributed by atoms with Crippen molar-refractivity contribution in [3.63, 3.8) is 0 Å². The van der Waals surface area contributed by atoms with E-state index >= 15 is 0 Å². The Kier molecular flexibility index (Phi) is 7.31. The van der Waals surface area contributed by atoms with Crippen molar-refractivity contribution in [2.24, 2.45) is 0 Å². The maximum absolute atomic E-state index is 12.0. The topological polar surface area (TPSA) is 113 Å². The van der Waals surface area contributed by atoms with Crippen molar-refractivity contribution in [3.8, 4) is 5.69 Å². The van der Waals surface area contributed by atoms with Gasteiger partial charge < -0.3 is 16.0 Å². The molecule has 0 aliphatic carbocycles. The van der Waals surface area contributed by atoms with Gasteiger partial charge in [-0.2, -0.15) is 5.10 Å². The molecule has 0 bridgehead atoms. The number of anilines is 1. The minimum atomic E-state index is 0.0374. The molecule has 0 spiro atoms. The Morgan fingerprint density at radius 1 is 1.09 bits per heavy atom. The van der Waals surface area contributed by atoms with Crippen molar-refractivity contribution >= 4 is 34.1 Å². The monoisotopic (exact) mass is 452 g/mol. The van der Waals surface area contributed by atoms with E-state index in [0.29, 0.717) is 26.1 Å². The average Bonchev–Trinajstić information content (AvgIpc) is 3.48. The molecule has 10 heteroatoms. The van der Waals surface area contributed by atoms with Crippen LogP contribution in [0.5, 0.6) is 0 Å². The average molecular weight is 453 g/mol. The third kappa shape index (κ3) is 5.83. The van der Waals surface area contributed by atoms with E-state index in [1.807, 2.05) is 41.0 Å². The lowest BCUT2D eigenvalue weighted by atomic mass is 10.2. The largest absolute Gasteiger partial charge is 0.384 e. The molecule has 32 heavy (non-hydrogen) atoms. The van der Waals surface area contributed by atoms with Gasteiger partial charge in [-0.3, -0.25) is 14.5 Å². The van der Waals surface area contributed by atoms with Crippen molar-refractivity contribution in [2.75, 3.05) is 25.0 Å². The predicted molar refractivity (Wildman–Crippen MR) is 125 cm³/mol. The lowest BCUT2D eigenvalue weighted by Gasteiger charge is -2.11. The number of carbonyl (C=O) groups excluding carboxylic acids is 1. The number of fused-ring (bicyclic) bond motifs is 1. The molecule has 0 unspecified atom stereocenters. The third-order valence-electron chi connectivity index (χ3n) is 5.00. The smallest absolute Gasteiger partial charge is 0.221 e. The van der Waals surface area contributed by atoms with Crippen LogP contribution in [0, 0.1) is 0 Å². The lowest BCUT2D eigenvalue weighted by molar-refractivity contribution is -0.120. The summed E-state index contributed by atoms with van der Waals surface area (Å²) in [5.41, 5.74) is 3.94. The number of hydrogen-bond acceptors (Lipinski definition) is 6. The molecule has 2 aromatic heterocycles. The highest BCUT2D eigenvalue weighted by atomic mass is 35.5. The number of amides is 1. The summed E-state index contributed by atoms with van der Waals surface area (Å²) in [4.78, 5) is 12.0. The zero-order valence-corrected chi connectivity index (χ0v) is 18.3. The van der Waals surface area contributed by atoms with E-state index in [1.54, 1.807) is 18.9 Å². The summed E-state index contributed by atoms with van der Waals surface area (Å²) in [6, 6.07) is 11.7. The second-order valence-corrected chi connectivity index (χ2v) is 7.82. The van der Waals surface area contributed by atoms with Crippen LogP contribution in [0.1, 0.15) is 18.4 Å². The van der Waals surface area contributed by atoms with Crippen LogP contribution in [0.15, 0.2) is 55.2 Å². The Hall–Kier alpha value is -3.43. The third-order valence-corrected chi connectivity index (χ3v) is 5.23. The molecular weight excluding hydrogens is 428 g/mol. The fourth-order valence-corrected chi connectivity index (χ4v) is 3.59. The first-order valence-electron chi connectivity index (χ1n) is 10.5. The van der Waals surface area contributed by atoms with Crippen molar-refractivity contribution in [1.82, 2.24) is 35.6 Å². The molecule has 0 saturated heterocycles. The minimum Gasteiger partial charge on any atom is -0.384 e. The van der Waals surface area contributed by atoms with Gasteiger partial charge in [-0.05, 0) is 36.2 Å². The van der Waals surface area contributed by atoms with E-state index in [4.69, 9.17) is 11.6 Å². The molecular formula is C22H25ClN8O. The molecule has 2 aromatic carbocycles. The lowest BCUT2D eigenvalue weighted by Crippen LogP contribution is -2.29. The number of nitrogens with one attached hydrogen (secondary N) is 4. The molecule has 4 N–H and O–H groups in total. The summed E-state index contributed by atoms with van der Waals surface area (Å²) in [5.74, 6) is 0.0374. The number of nitrogens with zero attached hydrogens (tertiary/aromatic N) is 4. The Morgan fingerprint density at radius 3 is 2.81 bits per heavy atom. The normalized spacial score (nSPS) is 11.0. The van der Waals surface area contributed by atoms with Crippen LogP contribution >= 0.6 is 11.6 Å². The van der Waals surface area contributed by atoms with Gasteiger partial charge in [0.25, 0.3) is 0 Å². The summed E-state index contributed by atoms with van der Waals surface area (Å²) < 4.78 is 1.84. The molecule has 9 nitrogen and oxygen atoms in total. The maximum Gasteiger partial charge on any atom is 0.221 e. The Balaban J connectivity index is 1.17. The predicted octanol–water partition coefficient (Wildman–Crippen LogP) is 2.90. The number of aromatic nitrogens is 5. The standard InChI is InChI=1S/C22H25ClN8O/c23-17-4-1-3-16(9-17)12-24-8-5-22(32)26-7-2-6-25-20-10-18(31-14-28-29-15-31)11-21-19(20)13-27-30-21/h1,3-4,9-11,13-15,24-25H,2,5-8,12H2,(H,26,32)(H,27,30). The molecule has 0 aliphatic rings. The number of benzene rings is 2. The van der Waals surface area contributed by atoms with Crippen molar-refractivity contribution in [2.45, 2.75) is 19.4 Å². The van der Waals surface area contributed by atoms with E-state index in [-0.39, 0.29) is 5.91 Å². The number of halogens is 1. The summed E-state index contributed by atoms with van der Waals surface area (Å²) >= 11 is 5.98. The number of carbonyl (C=O) groups is 1. The quantitative estimate of drug-likeness (QED) is 0.260. The molecule has 0 radical (unpaired) electrons. The first-order chi connectivity index (χ1) is 15.7. The van der Waals surface area contributed by atoms with Crippen LogP contribution in [-0.2, 0) is 11.3 Å². The van der Waals surface area contributed by atoms with Crippen molar-refractivity contribution in [1.29, 1.82) is 0 Å². The molecule has 0 fully saturated rings. The highest BCUT2D eigenvalue weighted by Gasteiger charge is 2.08. The fourth-order valence-electron chi connectivity index (χ4n) is 3.37. The SMILES string of the molecule is O=C(CCNCc1cccc(Cl)c1)NCCCNc1cc(-n2cnnc2)cc2[nH]ncc12. The van der Waals surface area contributed by atoms with E-state index in [9.17, 15) is 4.79 Å². The van der Waals surface area contributed by atoms with Crippen LogP contribution in [0.3, 0.4) is 0 Å². The van der Waals surface area contributed by atoms with Crippen LogP contribution in [0.2, 0.25) is 5.02 Å². The number of hydrogen-bond donors (Lipinski definition) is 4. The highest BCUT2D eigenvalue weighted by Crippen LogP contribution is 2.25. The minimum absolute atomic E-state index is 0.0374. The van der Waals surface area contributed by atoms with Gasteiger partial charge in [0.2, 0.25) is 5.91 Å². The van der Waals surface area contributed by atoms with E-state index < -0.39 is 0 Å². The number of aromatic amines is 1. The van der Waals surface area contributed by atoms with Crippen LogP contribution in [0.4, 0.5) is 5.69 Å². The first kappa shape index (κ1) is 21.8. The zero-order chi connectivity index (χ0) is 22.2. The number of rotatable bonds is 11. The molecule has 4 rings (SSSR count). The van der Waals surface area contributed by atoms with E-state index in [2.05, 4.69) is 36.3 Å². The molecule has 4 aromatic rings. The molecule has 2 heterocycles. The molecule has 166 valence electrons. The van der Waals surface area contributed by atoms with E-state index in [1.165, 1.54) is 0 Å². The first-order valence-corrected chi connectivity index (χ1v) is 10.8. The summed E-state index contributed by atoms with van der Waals surface area (Å²) in [7, 11) is 0. The molecule has 1 amide bonds. The Morgan fingerprint density at radius 2 is 1.97 bits per heavy atom. The number of H-pyrrole nitrogens is 1. The van der Waals surface area contributed by atoms with Gasteiger partial charge in [-0.25, -0.2) is 0 Å². The van der Waals surface area contributed by atoms with E-state index in [0.717, 1.165) is 45.8 Å². The van der Waals surface area contributed by atoms with Gasteiger partial charge in [0.1, 0.15) is 12.7 Å². The fraction of sp³-hybridized carbons (Fsp3) is 0.273. The van der Waals surface area contributed by atoms with Crippen LogP contribution in [-0.4, -0.2) is 50.5 Å². The molecule has 0 aliphatic heterocycles. The van der Waals surface area contributed by atoms with Gasteiger partial charge in [0, 0.05) is 48.7 Å². The Labute approximate surface area is 190 Å². The van der Waals surface area contributed by atoms with Gasteiger partial charge in [-0.15, -0.1) is 10.2 Å². The zero-order valence-electron chi connectivity index (χ0n) is 17.5. The summed E-state index contributed by atoms with van der Waals surface area (Å²) in [5, 5.41) is 26.3. The van der Waals surface area contributed by atoms with Gasteiger partial charge in [-0.1, -0.05) is 23.7 Å². The second kappa shape index (κ2) is 10.7. The summed E-state index contributed by atoms with van der Waals surface area (Å²) in [6.07, 6.45) is 6.34. The van der Waals surface area contributed by atoms with Crippen molar-refractivity contribution < 1.29 is 4.79 Å². The van der Waals surface area contributed by atoms with Gasteiger partial charge in [0.15, 0.2) is 0 Å². The molecule has 0 atom stereocenters. The summed E-state index contributed by atoms with van der Waals surface area (Å²) in [6.45, 7) is 2.64. The molecule has 0 saturated carbocycles.